The van der Waals surface area contributed by atoms with Gasteiger partial charge in [-0.05, 0) is 30.1 Å². The van der Waals surface area contributed by atoms with Crippen LogP contribution in [0.5, 0.6) is 0 Å². The lowest BCUT2D eigenvalue weighted by atomic mass is 9.77. The predicted molar refractivity (Wildman–Crippen MR) is 68.4 cm³/mol. The fourth-order valence-corrected chi connectivity index (χ4v) is 1.67. The fraction of sp³-hybridized carbons (Fsp3) is 1.00. The van der Waals surface area contributed by atoms with Crippen LogP contribution in [0, 0.1) is 17.3 Å². The Morgan fingerprint density at radius 3 is 2.00 bits per heavy atom. The summed E-state index contributed by atoms with van der Waals surface area (Å²) in [6.07, 6.45) is 3.60. The summed E-state index contributed by atoms with van der Waals surface area (Å²) in [5.41, 5.74) is 3.35. The number of hydrazine groups is 1. The first-order valence-electron chi connectivity index (χ1n) is 6.27. The molecule has 0 aromatic carbocycles. The molecule has 3 N–H and O–H groups in total. The Labute approximate surface area is 96.0 Å². The standard InChI is InChI=1S/C13H30N2/c1-7-10(2)8-12(15-14)9-11(3)13(4,5)6/h10-12,15H,7-9,14H2,1-6H3. The Morgan fingerprint density at radius 2 is 1.67 bits per heavy atom. The lowest BCUT2D eigenvalue weighted by Crippen LogP contribution is -2.39. The van der Waals surface area contributed by atoms with Crippen LogP contribution >= 0.6 is 0 Å². The molecular formula is C13H30N2. The van der Waals surface area contributed by atoms with Gasteiger partial charge in [0.25, 0.3) is 0 Å². The summed E-state index contributed by atoms with van der Waals surface area (Å²) in [5, 5.41) is 0. The number of nitrogens with two attached hydrogens (primary N) is 1. The molecule has 3 atom stereocenters. The average molecular weight is 214 g/mol. The molecule has 0 radical (unpaired) electrons. The average Bonchev–Trinajstić information content (AvgIpc) is 2.14. The molecule has 0 amide bonds. The van der Waals surface area contributed by atoms with Crippen LogP contribution in [0.1, 0.15) is 60.8 Å². The normalized spacial score (nSPS) is 18.6. The highest BCUT2D eigenvalue weighted by atomic mass is 15.2. The zero-order chi connectivity index (χ0) is 12.1. The van der Waals surface area contributed by atoms with E-state index in [4.69, 9.17) is 5.84 Å². The highest BCUT2D eigenvalue weighted by Gasteiger charge is 2.23. The van der Waals surface area contributed by atoms with Gasteiger partial charge in [-0.25, -0.2) is 0 Å². The smallest absolute Gasteiger partial charge is 0.0215 e. The summed E-state index contributed by atoms with van der Waals surface area (Å²) >= 11 is 0. The third kappa shape index (κ3) is 6.16. The largest absolute Gasteiger partial charge is 0.271 e. The van der Waals surface area contributed by atoms with Crippen molar-refractivity contribution in [2.75, 3.05) is 0 Å². The van der Waals surface area contributed by atoms with E-state index in [0.717, 1.165) is 5.92 Å². The predicted octanol–water partition coefficient (Wildman–Crippen LogP) is 3.33. The van der Waals surface area contributed by atoms with Gasteiger partial charge >= 0.3 is 0 Å². The number of nitrogens with one attached hydrogen (secondary N) is 1. The molecule has 0 saturated heterocycles. The highest BCUT2D eigenvalue weighted by Crippen LogP contribution is 2.30. The monoisotopic (exact) mass is 214 g/mol. The maximum absolute atomic E-state index is 5.62. The summed E-state index contributed by atoms with van der Waals surface area (Å²) in [6.45, 7) is 13.8. The number of hydrogen-bond donors (Lipinski definition) is 2. The van der Waals surface area contributed by atoms with Gasteiger partial charge in [-0.1, -0.05) is 48.0 Å². The van der Waals surface area contributed by atoms with Gasteiger partial charge in [0.1, 0.15) is 0 Å². The molecule has 0 heterocycles. The zero-order valence-electron chi connectivity index (χ0n) is 11.4. The third-order valence-corrected chi connectivity index (χ3v) is 3.74. The Hall–Kier alpha value is -0.0800. The first-order valence-corrected chi connectivity index (χ1v) is 6.27. The third-order valence-electron chi connectivity index (χ3n) is 3.74. The van der Waals surface area contributed by atoms with E-state index in [0.29, 0.717) is 17.4 Å². The van der Waals surface area contributed by atoms with Crippen molar-refractivity contribution in [3.05, 3.63) is 0 Å². The summed E-state index contributed by atoms with van der Waals surface area (Å²) in [4.78, 5) is 0. The van der Waals surface area contributed by atoms with Gasteiger partial charge in [-0.3, -0.25) is 11.3 Å². The summed E-state index contributed by atoms with van der Waals surface area (Å²) in [7, 11) is 0. The van der Waals surface area contributed by atoms with Crippen LogP contribution in [0.3, 0.4) is 0 Å². The van der Waals surface area contributed by atoms with Crippen LogP contribution in [0.25, 0.3) is 0 Å². The second kappa shape index (κ2) is 6.49. The molecular weight excluding hydrogens is 184 g/mol. The molecule has 0 aromatic rings. The maximum atomic E-state index is 5.62. The lowest BCUT2D eigenvalue weighted by molar-refractivity contribution is 0.211. The van der Waals surface area contributed by atoms with E-state index in [2.05, 4.69) is 47.0 Å². The van der Waals surface area contributed by atoms with Gasteiger partial charge < -0.3 is 0 Å². The second-order valence-corrected chi connectivity index (χ2v) is 6.12. The van der Waals surface area contributed by atoms with Gasteiger partial charge in [0, 0.05) is 6.04 Å². The molecule has 0 rings (SSSR count). The van der Waals surface area contributed by atoms with E-state index in [1.165, 1.54) is 19.3 Å². The van der Waals surface area contributed by atoms with Crippen LogP contribution in [0.4, 0.5) is 0 Å². The Bertz CT molecular complexity index is 160. The van der Waals surface area contributed by atoms with Gasteiger partial charge in [-0.15, -0.1) is 0 Å². The molecule has 15 heavy (non-hydrogen) atoms. The minimum absolute atomic E-state index is 0.380. The van der Waals surface area contributed by atoms with Crippen molar-refractivity contribution in [2.45, 2.75) is 66.8 Å². The number of rotatable bonds is 6. The topological polar surface area (TPSA) is 38.0 Å². The van der Waals surface area contributed by atoms with Gasteiger partial charge in [0.2, 0.25) is 0 Å². The molecule has 0 fully saturated rings. The molecule has 0 bridgehead atoms. The molecule has 0 aromatic heterocycles. The molecule has 2 nitrogen and oxygen atoms in total. The van der Waals surface area contributed by atoms with Crippen LogP contribution in [0.15, 0.2) is 0 Å². The van der Waals surface area contributed by atoms with E-state index in [1.54, 1.807) is 0 Å². The zero-order valence-corrected chi connectivity index (χ0v) is 11.4. The van der Waals surface area contributed by atoms with Crippen molar-refractivity contribution in [1.82, 2.24) is 5.43 Å². The fourth-order valence-electron chi connectivity index (χ4n) is 1.67. The molecule has 0 aliphatic carbocycles. The molecule has 0 saturated carbocycles. The first kappa shape index (κ1) is 14.9. The summed E-state index contributed by atoms with van der Waals surface area (Å²) in [5.74, 6) is 7.08. The quantitative estimate of drug-likeness (QED) is 0.526. The Morgan fingerprint density at radius 1 is 1.13 bits per heavy atom. The maximum Gasteiger partial charge on any atom is 0.0215 e. The molecule has 0 aliphatic heterocycles. The van der Waals surface area contributed by atoms with Crippen molar-refractivity contribution >= 4 is 0 Å². The summed E-state index contributed by atoms with van der Waals surface area (Å²) in [6, 6.07) is 0.467. The minimum Gasteiger partial charge on any atom is -0.271 e. The van der Waals surface area contributed by atoms with Crippen LogP contribution < -0.4 is 11.3 Å². The molecule has 3 unspecified atom stereocenters. The van der Waals surface area contributed by atoms with Crippen molar-refractivity contribution in [2.24, 2.45) is 23.1 Å². The van der Waals surface area contributed by atoms with Gasteiger partial charge in [-0.2, -0.15) is 0 Å². The van der Waals surface area contributed by atoms with Crippen LogP contribution in [0.2, 0.25) is 0 Å². The Kier molecular flexibility index (Phi) is 6.46. The van der Waals surface area contributed by atoms with E-state index in [-0.39, 0.29) is 0 Å². The van der Waals surface area contributed by atoms with E-state index in [1.807, 2.05) is 0 Å². The van der Waals surface area contributed by atoms with Crippen LogP contribution in [-0.2, 0) is 0 Å². The van der Waals surface area contributed by atoms with Gasteiger partial charge in [0.05, 0.1) is 0 Å². The van der Waals surface area contributed by atoms with Crippen molar-refractivity contribution in [3.63, 3.8) is 0 Å². The lowest BCUT2D eigenvalue weighted by Gasteiger charge is -2.31. The SMILES string of the molecule is CCC(C)CC(CC(C)C(C)(C)C)NN. The van der Waals surface area contributed by atoms with E-state index in [9.17, 15) is 0 Å². The summed E-state index contributed by atoms with van der Waals surface area (Å²) < 4.78 is 0. The molecule has 92 valence electrons. The molecule has 0 aliphatic rings. The van der Waals surface area contributed by atoms with Crippen molar-refractivity contribution < 1.29 is 0 Å². The molecule has 0 spiro atoms. The van der Waals surface area contributed by atoms with E-state index < -0.39 is 0 Å². The van der Waals surface area contributed by atoms with Crippen LogP contribution in [-0.4, -0.2) is 6.04 Å². The second-order valence-electron chi connectivity index (χ2n) is 6.12. The molecule has 2 heteroatoms. The van der Waals surface area contributed by atoms with Gasteiger partial charge in [0.15, 0.2) is 0 Å². The first-order chi connectivity index (χ1) is 6.81. The van der Waals surface area contributed by atoms with Crippen molar-refractivity contribution in [3.8, 4) is 0 Å². The van der Waals surface area contributed by atoms with E-state index >= 15 is 0 Å². The Balaban J connectivity index is 4.10. The minimum atomic E-state index is 0.380. The van der Waals surface area contributed by atoms with Crippen molar-refractivity contribution in [1.29, 1.82) is 0 Å². The number of hydrogen-bond acceptors (Lipinski definition) is 2. The highest BCUT2D eigenvalue weighted by molar-refractivity contribution is 4.77.